The molecule has 4 aromatic rings. The molecule has 0 aliphatic carbocycles. The quantitative estimate of drug-likeness (QED) is 0.195. The van der Waals surface area contributed by atoms with Crippen molar-refractivity contribution < 1.29 is 22.7 Å². The number of halogens is 1. The summed E-state index contributed by atoms with van der Waals surface area (Å²) in [7, 11) is -1.28. The zero-order chi connectivity index (χ0) is 29.7. The minimum Gasteiger partial charge on any atom is -0.497 e. The molecule has 0 atom stereocenters. The summed E-state index contributed by atoms with van der Waals surface area (Å²) in [6.07, 6.45) is 1.52. The summed E-state index contributed by atoms with van der Waals surface area (Å²) in [5.74, 6) is 0.00935. The number of methoxy groups -OCH3 is 2. The van der Waals surface area contributed by atoms with E-state index in [1.54, 1.807) is 30.3 Å². The Hall–Kier alpha value is -4.28. The Labute approximate surface area is 245 Å². The third-order valence-corrected chi connectivity index (χ3v) is 8.49. The number of benzene rings is 3. The van der Waals surface area contributed by atoms with Crippen LogP contribution in [0, 0.1) is 20.8 Å². The Morgan fingerprint density at radius 2 is 1.73 bits per heavy atom. The predicted octanol–water partition coefficient (Wildman–Crippen LogP) is 5.42. The fourth-order valence-corrected chi connectivity index (χ4v) is 6.01. The van der Waals surface area contributed by atoms with E-state index in [1.165, 1.54) is 38.6 Å². The van der Waals surface area contributed by atoms with Crippen molar-refractivity contribution in [3.63, 3.8) is 0 Å². The van der Waals surface area contributed by atoms with Gasteiger partial charge in [-0.2, -0.15) is 5.10 Å². The number of hydrogen-bond acceptors (Lipinski definition) is 6. The van der Waals surface area contributed by atoms with Crippen LogP contribution in [-0.4, -0.2) is 45.9 Å². The maximum Gasteiger partial charge on any atom is 0.264 e. The van der Waals surface area contributed by atoms with E-state index in [-0.39, 0.29) is 16.3 Å². The summed E-state index contributed by atoms with van der Waals surface area (Å²) in [6.45, 7) is 5.19. The number of sulfonamides is 1. The van der Waals surface area contributed by atoms with E-state index in [0.29, 0.717) is 10.8 Å². The van der Waals surface area contributed by atoms with Crippen LogP contribution >= 0.6 is 11.6 Å². The van der Waals surface area contributed by atoms with E-state index in [9.17, 15) is 13.2 Å². The molecule has 0 aliphatic rings. The van der Waals surface area contributed by atoms with Crippen LogP contribution in [0.3, 0.4) is 0 Å². The number of aromatic nitrogens is 1. The van der Waals surface area contributed by atoms with Crippen molar-refractivity contribution in [1.29, 1.82) is 0 Å². The lowest BCUT2D eigenvalue weighted by molar-refractivity contribution is -0.119. The molecule has 1 heterocycles. The summed E-state index contributed by atoms with van der Waals surface area (Å²) in [6, 6.07) is 20.5. The molecule has 1 N–H and O–H groups in total. The molecule has 3 aromatic carbocycles. The molecular weight excluding hydrogens is 564 g/mol. The van der Waals surface area contributed by atoms with Gasteiger partial charge in [0, 0.05) is 33.7 Å². The van der Waals surface area contributed by atoms with Gasteiger partial charge in [-0.05, 0) is 69.3 Å². The highest BCUT2D eigenvalue weighted by atomic mass is 35.5. The molecular formula is C30H31ClN4O5S. The molecule has 1 amide bonds. The molecule has 0 bridgehead atoms. The first-order valence-electron chi connectivity index (χ1n) is 12.6. The number of amides is 1. The summed E-state index contributed by atoms with van der Waals surface area (Å²) in [5, 5.41) is 4.74. The van der Waals surface area contributed by atoms with Gasteiger partial charge in [-0.25, -0.2) is 13.8 Å². The molecule has 11 heteroatoms. The first-order valence-corrected chi connectivity index (χ1v) is 14.4. The van der Waals surface area contributed by atoms with Crippen molar-refractivity contribution in [2.24, 2.45) is 5.10 Å². The molecule has 214 valence electrons. The highest BCUT2D eigenvalue weighted by Crippen LogP contribution is 2.35. The van der Waals surface area contributed by atoms with E-state index < -0.39 is 22.5 Å². The Balaban J connectivity index is 1.62. The lowest BCUT2D eigenvalue weighted by Gasteiger charge is -2.25. The van der Waals surface area contributed by atoms with Crippen molar-refractivity contribution in [2.45, 2.75) is 25.7 Å². The van der Waals surface area contributed by atoms with Gasteiger partial charge in [0.05, 0.1) is 31.0 Å². The highest BCUT2D eigenvalue weighted by molar-refractivity contribution is 7.92. The molecule has 0 spiro atoms. The summed E-state index contributed by atoms with van der Waals surface area (Å²) in [5.41, 5.74) is 7.04. The first kappa shape index (κ1) is 29.7. The molecule has 9 nitrogen and oxygen atoms in total. The molecule has 0 saturated heterocycles. The summed E-state index contributed by atoms with van der Waals surface area (Å²) in [4.78, 5) is 13.1. The van der Waals surface area contributed by atoms with Crippen molar-refractivity contribution in [1.82, 2.24) is 9.99 Å². The van der Waals surface area contributed by atoms with Gasteiger partial charge in [0.25, 0.3) is 15.9 Å². The number of carbonyl (C=O) groups excluding carboxylic acids is 1. The number of hydrazone groups is 1. The number of hydrogen-bond donors (Lipinski definition) is 1. The fourth-order valence-electron chi connectivity index (χ4n) is 4.40. The normalized spacial score (nSPS) is 11.5. The Bertz CT molecular complexity index is 1700. The van der Waals surface area contributed by atoms with Gasteiger partial charge in [0.2, 0.25) is 0 Å². The minimum atomic E-state index is -4.17. The molecule has 0 aliphatic heterocycles. The number of nitrogens with one attached hydrogen (secondary N) is 1. The monoisotopic (exact) mass is 594 g/mol. The number of ether oxygens (including phenoxy) is 2. The van der Waals surface area contributed by atoms with Crippen LogP contribution in [-0.2, 0) is 14.8 Å². The van der Waals surface area contributed by atoms with Gasteiger partial charge in [-0.3, -0.25) is 9.10 Å². The van der Waals surface area contributed by atoms with Gasteiger partial charge in [-0.15, -0.1) is 0 Å². The lowest BCUT2D eigenvalue weighted by atomic mass is 10.2. The zero-order valence-corrected chi connectivity index (χ0v) is 25.0. The second-order valence-corrected chi connectivity index (χ2v) is 11.6. The highest BCUT2D eigenvalue weighted by Gasteiger charge is 2.30. The average molecular weight is 595 g/mol. The van der Waals surface area contributed by atoms with Crippen LogP contribution < -0.4 is 19.2 Å². The smallest absolute Gasteiger partial charge is 0.264 e. The van der Waals surface area contributed by atoms with Crippen LogP contribution in [0.15, 0.2) is 82.8 Å². The molecule has 41 heavy (non-hydrogen) atoms. The number of aryl methyl sites for hydroxylation is 2. The molecule has 0 saturated carbocycles. The van der Waals surface area contributed by atoms with Crippen molar-refractivity contribution >= 4 is 39.4 Å². The van der Waals surface area contributed by atoms with Crippen LogP contribution in [0.5, 0.6) is 11.5 Å². The zero-order valence-electron chi connectivity index (χ0n) is 23.4. The van der Waals surface area contributed by atoms with E-state index in [2.05, 4.69) is 10.5 Å². The second-order valence-electron chi connectivity index (χ2n) is 9.30. The van der Waals surface area contributed by atoms with Gasteiger partial charge < -0.3 is 14.0 Å². The van der Waals surface area contributed by atoms with Gasteiger partial charge >= 0.3 is 0 Å². The summed E-state index contributed by atoms with van der Waals surface area (Å²) < 4.78 is 41.3. The number of nitrogens with zero attached hydrogens (tertiary/aromatic N) is 3. The average Bonchev–Trinajstić information content (AvgIpc) is 3.23. The number of rotatable bonds is 10. The topological polar surface area (TPSA) is 102 Å². The van der Waals surface area contributed by atoms with Crippen LogP contribution in [0.4, 0.5) is 5.69 Å². The van der Waals surface area contributed by atoms with E-state index in [4.69, 9.17) is 21.1 Å². The van der Waals surface area contributed by atoms with E-state index in [1.807, 2.05) is 49.6 Å². The predicted molar refractivity (Wildman–Crippen MR) is 161 cm³/mol. The third kappa shape index (κ3) is 6.55. The van der Waals surface area contributed by atoms with Crippen LogP contribution in [0.1, 0.15) is 22.5 Å². The SMILES string of the molecule is COc1ccc(OC)c(N(CC(=O)N/N=C\c2cc(C)n(-c3cccc(Cl)c3)c2C)S(=O)(=O)c2ccc(C)cc2)c1. The lowest BCUT2D eigenvalue weighted by Crippen LogP contribution is -2.39. The van der Waals surface area contributed by atoms with Crippen molar-refractivity contribution in [3.8, 4) is 17.2 Å². The molecule has 0 radical (unpaired) electrons. The standard InChI is InChI=1S/C30H31ClN4O5S/c1-20-9-12-27(13-10-20)41(37,38)34(28-17-26(39-4)11-14-29(28)40-5)19-30(36)33-32-18-23-15-21(2)35(22(23)3)25-8-6-7-24(31)16-25/h6-18H,19H2,1-5H3,(H,33,36)/b32-18-. The van der Waals surface area contributed by atoms with Gasteiger partial charge in [-0.1, -0.05) is 35.4 Å². The Morgan fingerprint density at radius 3 is 2.39 bits per heavy atom. The minimum absolute atomic E-state index is 0.0257. The maximum atomic E-state index is 13.8. The molecule has 1 aromatic heterocycles. The second kappa shape index (κ2) is 12.5. The fraction of sp³-hybridized carbons (Fsp3) is 0.200. The third-order valence-electron chi connectivity index (χ3n) is 6.48. The largest absolute Gasteiger partial charge is 0.497 e. The van der Waals surface area contributed by atoms with Crippen molar-refractivity contribution in [3.05, 3.63) is 100 Å². The van der Waals surface area contributed by atoms with Crippen LogP contribution in [0.25, 0.3) is 5.69 Å². The first-order chi connectivity index (χ1) is 19.5. The van der Waals surface area contributed by atoms with Crippen molar-refractivity contribution in [2.75, 3.05) is 25.1 Å². The van der Waals surface area contributed by atoms with E-state index in [0.717, 1.165) is 32.5 Å². The molecule has 0 fully saturated rings. The maximum absolute atomic E-state index is 13.8. The summed E-state index contributed by atoms with van der Waals surface area (Å²) >= 11 is 6.18. The molecule has 4 rings (SSSR count). The van der Waals surface area contributed by atoms with Gasteiger partial charge in [0.1, 0.15) is 18.0 Å². The van der Waals surface area contributed by atoms with E-state index >= 15 is 0 Å². The number of carbonyl (C=O) groups is 1. The molecule has 0 unspecified atom stereocenters. The Morgan fingerprint density at radius 1 is 1.00 bits per heavy atom. The Kier molecular flexibility index (Phi) is 9.05. The van der Waals surface area contributed by atoms with Crippen LogP contribution in [0.2, 0.25) is 5.02 Å². The van der Waals surface area contributed by atoms with Gasteiger partial charge in [0.15, 0.2) is 0 Å². The number of anilines is 1.